The van der Waals surface area contributed by atoms with E-state index in [-0.39, 0.29) is 0 Å². The van der Waals surface area contributed by atoms with Crippen LogP contribution in [0.1, 0.15) is 31.0 Å². The van der Waals surface area contributed by atoms with Gasteiger partial charge in [-0.15, -0.1) is 0 Å². The van der Waals surface area contributed by atoms with Crippen molar-refractivity contribution >= 4 is 23.7 Å². The molecule has 26 heavy (non-hydrogen) atoms. The zero-order valence-electron chi connectivity index (χ0n) is 15.2. The summed E-state index contributed by atoms with van der Waals surface area (Å²) in [6, 6.07) is 10.2. The van der Waals surface area contributed by atoms with Gasteiger partial charge in [-0.25, -0.2) is 9.50 Å². The molecule has 1 saturated carbocycles. The third kappa shape index (κ3) is 4.22. The molecule has 0 aliphatic heterocycles. The van der Waals surface area contributed by atoms with E-state index >= 15 is 0 Å². The van der Waals surface area contributed by atoms with E-state index in [1.165, 1.54) is 12.8 Å². The largest absolute Gasteiger partial charge is 0.356 e. The van der Waals surface area contributed by atoms with Gasteiger partial charge in [0.2, 0.25) is 6.41 Å². The second-order valence-electron chi connectivity index (χ2n) is 6.77. The molecule has 1 unspecified atom stereocenters. The molecule has 0 spiro atoms. The number of fused-ring (bicyclic) bond motifs is 1. The fourth-order valence-corrected chi connectivity index (χ4v) is 3.05. The Bertz CT molecular complexity index is 917. The molecule has 2 heterocycles. The van der Waals surface area contributed by atoms with Gasteiger partial charge in [0.1, 0.15) is 0 Å². The Kier molecular flexibility index (Phi) is 5.57. The van der Waals surface area contributed by atoms with Crippen molar-refractivity contribution in [3.05, 3.63) is 52.8 Å². The van der Waals surface area contributed by atoms with Crippen molar-refractivity contribution in [1.82, 2.24) is 19.9 Å². The van der Waals surface area contributed by atoms with Crippen molar-refractivity contribution in [2.75, 3.05) is 0 Å². The van der Waals surface area contributed by atoms with Gasteiger partial charge in [-0.1, -0.05) is 23.7 Å². The summed E-state index contributed by atoms with van der Waals surface area (Å²) in [6.45, 7) is 6.08. The molecule has 2 aromatic heterocycles. The Hall–Kier alpha value is -2.40. The van der Waals surface area contributed by atoms with Crippen LogP contribution in [0.3, 0.4) is 0 Å². The zero-order valence-corrected chi connectivity index (χ0v) is 16.0. The monoisotopic (exact) mass is 370 g/mol. The molecule has 4 rings (SSSR count). The number of rotatable bonds is 4. The molecule has 1 aliphatic carbocycles. The number of aryl methyl sites for hydroxylation is 2. The summed E-state index contributed by atoms with van der Waals surface area (Å²) in [5.41, 5.74) is 4.97. The highest BCUT2D eigenvalue weighted by Crippen LogP contribution is 2.31. The first-order valence-corrected chi connectivity index (χ1v) is 9.15. The Balaban J connectivity index is 0.000000206. The predicted molar refractivity (Wildman–Crippen MR) is 104 cm³/mol. The maximum atomic E-state index is 9.84. The summed E-state index contributed by atoms with van der Waals surface area (Å²) in [4.78, 5) is 14.5. The lowest BCUT2D eigenvalue weighted by molar-refractivity contribution is -0.110. The van der Waals surface area contributed by atoms with Crippen LogP contribution >= 0.6 is 11.6 Å². The van der Waals surface area contributed by atoms with Crippen LogP contribution in [-0.2, 0) is 4.79 Å². The van der Waals surface area contributed by atoms with Crippen LogP contribution in [0.2, 0.25) is 5.02 Å². The highest BCUT2D eigenvalue weighted by molar-refractivity contribution is 6.30. The van der Waals surface area contributed by atoms with Gasteiger partial charge in [-0.05, 0) is 57.7 Å². The van der Waals surface area contributed by atoms with Crippen LogP contribution in [0.25, 0.3) is 16.9 Å². The second-order valence-corrected chi connectivity index (χ2v) is 7.20. The Morgan fingerprint density at radius 2 is 2.08 bits per heavy atom. The second kappa shape index (κ2) is 7.87. The molecule has 0 bridgehead atoms. The SMILES string of the molecule is CC(NC=O)C1CC1.Cc1cnn2c(C)cc(-c3cccc(Cl)c3)nc12. The topological polar surface area (TPSA) is 59.3 Å². The van der Waals surface area contributed by atoms with E-state index in [0.717, 1.165) is 45.5 Å². The molecule has 5 nitrogen and oxygen atoms in total. The highest BCUT2D eigenvalue weighted by atomic mass is 35.5. The van der Waals surface area contributed by atoms with Gasteiger partial charge in [-0.3, -0.25) is 4.79 Å². The van der Waals surface area contributed by atoms with Crippen LogP contribution in [0, 0.1) is 19.8 Å². The number of amides is 1. The summed E-state index contributed by atoms with van der Waals surface area (Å²) < 4.78 is 1.85. The van der Waals surface area contributed by atoms with Gasteiger partial charge in [0.15, 0.2) is 5.65 Å². The molecule has 6 heteroatoms. The van der Waals surface area contributed by atoms with Gasteiger partial charge in [0.25, 0.3) is 0 Å². The Labute approximate surface area is 158 Å². The molecule has 1 atom stereocenters. The molecule has 1 N–H and O–H groups in total. The first-order chi connectivity index (χ1) is 12.5. The molecular weight excluding hydrogens is 348 g/mol. The number of halogens is 1. The van der Waals surface area contributed by atoms with Crippen LogP contribution in [0.15, 0.2) is 36.5 Å². The lowest BCUT2D eigenvalue weighted by atomic mass is 10.1. The molecule has 136 valence electrons. The van der Waals surface area contributed by atoms with Gasteiger partial charge >= 0.3 is 0 Å². The first-order valence-electron chi connectivity index (χ1n) is 8.77. The Morgan fingerprint density at radius 1 is 1.31 bits per heavy atom. The van der Waals surface area contributed by atoms with Crippen molar-refractivity contribution in [2.45, 2.75) is 39.7 Å². The zero-order chi connectivity index (χ0) is 18.7. The lowest BCUT2D eigenvalue weighted by Gasteiger charge is -2.05. The van der Waals surface area contributed by atoms with E-state index in [1.807, 2.05) is 61.8 Å². The number of nitrogens with one attached hydrogen (secondary N) is 1. The predicted octanol–water partition coefficient (Wildman–Crippen LogP) is 4.20. The molecular formula is C20H23ClN4O. The first kappa shape index (κ1) is 18.4. The van der Waals surface area contributed by atoms with E-state index in [1.54, 1.807) is 0 Å². The number of aromatic nitrogens is 3. The van der Waals surface area contributed by atoms with Crippen molar-refractivity contribution in [3.63, 3.8) is 0 Å². The highest BCUT2D eigenvalue weighted by Gasteiger charge is 2.27. The number of hydrogen-bond donors (Lipinski definition) is 1. The van der Waals surface area contributed by atoms with Crippen molar-refractivity contribution < 1.29 is 4.79 Å². The van der Waals surface area contributed by atoms with E-state index < -0.39 is 0 Å². The molecule has 1 fully saturated rings. The molecule has 3 aromatic rings. The molecule has 0 radical (unpaired) electrons. The van der Waals surface area contributed by atoms with Gasteiger partial charge in [0, 0.05) is 27.9 Å². The van der Waals surface area contributed by atoms with E-state index in [0.29, 0.717) is 6.04 Å². The number of hydrogen-bond acceptors (Lipinski definition) is 3. The number of benzene rings is 1. The number of carbonyl (C=O) groups is 1. The maximum absolute atomic E-state index is 9.84. The summed E-state index contributed by atoms with van der Waals surface area (Å²) in [5, 5.41) is 7.74. The quantitative estimate of drug-likeness (QED) is 0.700. The minimum Gasteiger partial charge on any atom is -0.356 e. The lowest BCUT2D eigenvalue weighted by Crippen LogP contribution is -2.25. The van der Waals surface area contributed by atoms with E-state index in [4.69, 9.17) is 11.6 Å². The van der Waals surface area contributed by atoms with Gasteiger partial charge in [-0.2, -0.15) is 5.10 Å². The normalized spacial score (nSPS) is 14.5. The molecule has 1 aliphatic rings. The summed E-state index contributed by atoms with van der Waals surface area (Å²) in [6.07, 6.45) is 5.20. The molecule has 1 aromatic carbocycles. The van der Waals surface area contributed by atoms with Crippen molar-refractivity contribution in [2.24, 2.45) is 5.92 Å². The van der Waals surface area contributed by atoms with Gasteiger partial charge in [0.05, 0.1) is 11.9 Å². The van der Waals surface area contributed by atoms with E-state index in [2.05, 4.69) is 15.4 Å². The van der Waals surface area contributed by atoms with Crippen LogP contribution in [-0.4, -0.2) is 27.0 Å². The van der Waals surface area contributed by atoms with Crippen LogP contribution in [0.4, 0.5) is 0 Å². The standard InChI is InChI=1S/C14H12ClN3.C6H11NO/c1-9-8-16-18-10(2)6-13(17-14(9)18)11-4-3-5-12(15)7-11;1-5(7-4-8)6-2-3-6/h3-8H,1-2H3;4-6H,2-3H2,1H3,(H,7,8). The number of nitrogens with zero attached hydrogens (tertiary/aromatic N) is 3. The average molecular weight is 371 g/mol. The minimum absolute atomic E-state index is 0.410. The third-order valence-corrected chi connectivity index (χ3v) is 4.84. The summed E-state index contributed by atoms with van der Waals surface area (Å²) in [5.74, 6) is 0.778. The smallest absolute Gasteiger partial charge is 0.207 e. The Morgan fingerprint density at radius 3 is 2.73 bits per heavy atom. The van der Waals surface area contributed by atoms with Crippen LogP contribution in [0.5, 0.6) is 0 Å². The minimum atomic E-state index is 0.410. The fourth-order valence-electron chi connectivity index (χ4n) is 2.86. The van der Waals surface area contributed by atoms with Crippen LogP contribution < -0.4 is 5.32 Å². The van der Waals surface area contributed by atoms with Gasteiger partial charge < -0.3 is 5.32 Å². The number of carbonyl (C=O) groups excluding carboxylic acids is 1. The van der Waals surface area contributed by atoms with Crippen molar-refractivity contribution in [3.8, 4) is 11.3 Å². The summed E-state index contributed by atoms with van der Waals surface area (Å²) in [7, 11) is 0. The maximum Gasteiger partial charge on any atom is 0.207 e. The fraction of sp³-hybridized carbons (Fsp3) is 0.350. The third-order valence-electron chi connectivity index (χ3n) is 4.61. The molecule has 1 amide bonds. The summed E-state index contributed by atoms with van der Waals surface area (Å²) >= 11 is 6.02. The molecule has 0 saturated heterocycles. The van der Waals surface area contributed by atoms with E-state index in [9.17, 15) is 4.79 Å². The average Bonchev–Trinajstić information content (AvgIpc) is 3.40. The van der Waals surface area contributed by atoms with Crippen molar-refractivity contribution in [1.29, 1.82) is 0 Å².